The number of carbonyl (C=O) groups is 2. The molecule has 0 spiro atoms. The van der Waals surface area contributed by atoms with Gasteiger partial charge < -0.3 is 10.8 Å². The lowest BCUT2D eigenvalue weighted by atomic mass is 9.98. The lowest BCUT2D eigenvalue weighted by Gasteiger charge is -2.07. The molecule has 0 aliphatic rings. The minimum Gasteiger partial charge on any atom is -0.478 e. The average Bonchev–Trinajstić information content (AvgIpc) is 2.67. The van der Waals surface area contributed by atoms with E-state index >= 15 is 0 Å². The fourth-order valence-electron chi connectivity index (χ4n) is 3.72. The predicted octanol–water partition coefficient (Wildman–Crippen LogP) is 7.27. The summed E-state index contributed by atoms with van der Waals surface area (Å²) in [6.45, 7) is 4.60. The smallest absolute Gasteiger partial charge is 0.336 e. The van der Waals surface area contributed by atoms with Crippen LogP contribution in [-0.4, -0.2) is 16.9 Å². The molecular weight excluding hydrogens is 362 g/mol. The summed E-state index contributed by atoms with van der Waals surface area (Å²) in [7, 11) is 0. The number of nitrogen functional groups attached to an aromatic ring is 1. The Kier molecular flexibility index (Phi) is 13.1. The van der Waals surface area contributed by atoms with E-state index in [4.69, 9.17) is 5.73 Å². The van der Waals surface area contributed by atoms with Crippen LogP contribution >= 0.6 is 0 Å². The number of nitrogens with two attached hydrogens (primary N) is 1. The number of unbranched alkanes of at least 4 members (excludes halogenated alkanes) is 11. The summed E-state index contributed by atoms with van der Waals surface area (Å²) < 4.78 is 0. The number of hydrogen-bond donors (Lipinski definition) is 2. The summed E-state index contributed by atoms with van der Waals surface area (Å²) in [5, 5.41) is 9.22. The van der Waals surface area contributed by atoms with E-state index in [-0.39, 0.29) is 16.9 Å². The van der Waals surface area contributed by atoms with Crippen LogP contribution in [0, 0.1) is 5.92 Å². The molecule has 4 heteroatoms. The van der Waals surface area contributed by atoms with Gasteiger partial charge in [-0.1, -0.05) is 90.9 Å². The fraction of sp³-hybridized carbons (Fsp3) is 0.680. The molecule has 0 amide bonds. The minimum absolute atomic E-state index is 0.0455. The number of Topliss-reactive ketones (excluding diaryl/α,β-unsaturated/α-hetero) is 1. The molecule has 1 aromatic carbocycles. The molecule has 0 aliphatic heterocycles. The Morgan fingerprint density at radius 2 is 1.28 bits per heavy atom. The van der Waals surface area contributed by atoms with E-state index in [9.17, 15) is 14.7 Å². The standard InChI is InChI=1S/C25H41NO3/c1-20(2)15-13-11-9-7-5-3-4-6-8-10-12-14-16-24(27)23-19-21(26)17-18-22(23)25(28)29/h17-20H,3-16,26H2,1-2H3,(H,28,29). The number of anilines is 1. The van der Waals surface area contributed by atoms with E-state index in [0.717, 1.165) is 25.2 Å². The predicted molar refractivity (Wildman–Crippen MR) is 122 cm³/mol. The van der Waals surface area contributed by atoms with Crippen molar-refractivity contribution in [1.82, 2.24) is 0 Å². The zero-order valence-corrected chi connectivity index (χ0v) is 18.5. The van der Waals surface area contributed by atoms with Crippen LogP contribution in [0.3, 0.4) is 0 Å². The van der Waals surface area contributed by atoms with Crippen molar-refractivity contribution in [2.45, 2.75) is 104 Å². The van der Waals surface area contributed by atoms with Gasteiger partial charge in [0.2, 0.25) is 0 Å². The number of carboxylic acids is 1. The van der Waals surface area contributed by atoms with E-state index in [1.54, 1.807) is 0 Å². The van der Waals surface area contributed by atoms with E-state index in [0.29, 0.717) is 12.1 Å². The third-order valence-corrected chi connectivity index (χ3v) is 5.51. The molecular formula is C25H41NO3. The van der Waals surface area contributed by atoms with Crippen LogP contribution in [0.5, 0.6) is 0 Å². The zero-order chi connectivity index (χ0) is 21.5. The van der Waals surface area contributed by atoms with Gasteiger partial charge in [0.15, 0.2) is 5.78 Å². The Morgan fingerprint density at radius 3 is 1.76 bits per heavy atom. The maximum atomic E-state index is 12.3. The SMILES string of the molecule is CC(C)CCCCCCCCCCCCCCC(=O)c1cc(N)ccc1C(=O)O. The Bertz CT molecular complexity index is 610. The summed E-state index contributed by atoms with van der Waals surface area (Å²) in [6.07, 6.45) is 16.8. The summed E-state index contributed by atoms with van der Waals surface area (Å²) in [4.78, 5) is 23.6. The van der Waals surface area contributed by atoms with Crippen molar-refractivity contribution < 1.29 is 14.7 Å². The highest BCUT2D eigenvalue weighted by Gasteiger charge is 2.16. The number of benzene rings is 1. The van der Waals surface area contributed by atoms with Crippen molar-refractivity contribution in [3.8, 4) is 0 Å². The third kappa shape index (κ3) is 11.7. The second-order valence-corrected chi connectivity index (χ2v) is 8.71. The molecule has 0 fully saturated rings. The van der Waals surface area contributed by atoms with E-state index in [2.05, 4.69) is 13.8 Å². The first kappa shape index (κ1) is 25.2. The molecule has 164 valence electrons. The summed E-state index contributed by atoms with van der Waals surface area (Å²) >= 11 is 0. The monoisotopic (exact) mass is 403 g/mol. The van der Waals surface area contributed by atoms with Gasteiger partial charge in [0, 0.05) is 17.7 Å². The van der Waals surface area contributed by atoms with Crippen LogP contribution in [-0.2, 0) is 0 Å². The van der Waals surface area contributed by atoms with Gasteiger partial charge in [-0.2, -0.15) is 0 Å². The quantitative estimate of drug-likeness (QED) is 0.163. The van der Waals surface area contributed by atoms with Crippen LogP contribution in [0.1, 0.15) is 124 Å². The van der Waals surface area contributed by atoms with Gasteiger partial charge in [0.05, 0.1) is 5.56 Å². The molecule has 0 saturated carbocycles. The van der Waals surface area contributed by atoms with Crippen LogP contribution in [0.4, 0.5) is 5.69 Å². The Labute approximate surface area is 177 Å². The van der Waals surface area contributed by atoms with Crippen molar-refractivity contribution in [3.05, 3.63) is 29.3 Å². The van der Waals surface area contributed by atoms with Gasteiger partial charge in [-0.3, -0.25) is 4.79 Å². The highest BCUT2D eigenvalue weighted by atomic mass is 16.4. The highest BCUT2D eigenvalue weighted by molar-refractivity contribution is 6.06. The molecule has 3 N–H and O–H groups in total. The lowest BCUT2D eigenvalue weighted by molar-refractivity contribution is 0.0691. The number of carbonyl (C=O) groups excluding carboxylic acids is 1. The van der Waals surface area contributed by atoms with Crippen molar-refractivity contribution in [2.75, 3.05) is 5.73 Å². The first-order chi connectivity index (χ1) is 13.9. The van der Waals surface area contributed by atoms with Crippen molar-refractivity contribution in [3.63, 3.8) is 0 Å². The second-order valence-electron chi connectivity index (χ2n) is 8.71. The summed E-state index contributed by atoms with van der Waals surface area (Å²) in [6, 6.07) is 4.42. The van der Waals surface area contributed by atoms with E-state index < -0.39 is 5.97 Å². The lowest BCUT2D eigenvalue weighted by Crippen LogP contribution is -2.09. The molecule has 1 rings (SSSR count). The van der Waals surface area contributed by atoms with Crippen molar-refractivity contribution >= 4 is 17.4 Å². The molecule has 0 unspecified atom stereocenters. The van der Waals surface area contributed by atoms with Crippen LogP contribution in [0.15, 0.2) is 18.2 Å². The minimum atomic E-state index is -1.08. The van der Waals surface area contributed by atoms with Crippen molar-refractivity contribution in [1.29, 1.82) is 0 Å². The molecule has 0 heterocycles. The van der Waals surface area contributed by atoms with E-state index in [1.165, 1.54) is 82.4 Å². The normalized spacial score (nSPS) is 11.1. The maximum absolute atomic E-state index is 12.3. The van der Waals surface area contributed by atoms with Gasteiger partial charge in [0.1, 0.15) is 0 Å². The largest absolute Gasteiger partial charge is 0.478 e. The Balaban J connectivity index is 2.02. The molecule has 0 aromatic heterocycles. The Hall–Kier alpha value is -1.84. The van der Waals surface area contributed by atoms with Gasteiger partial charge in [-0.05, 0) is 30.5 Å². The molecule has 0 saturated heterocycles. The molecule has 29 heavy (non-hydrogen) atoms. The van der Waals surface area contributed by atoms with E-state index in [1.807, 2.05) is 0 Å². The molecule has 0 bridgehead atoms. The fourth-order valence-corrected chi connectivity index (χ4v) is 3.72. The van der Waals surface area contributed by atoms with Crippen LogP contribution in [0.25, 0.3) is 0 Å². The maximum Gasteiger partial charge on any atom is 0.336 e. The van der Waals surface area contributed by atoms with Gasteiger partial charge >= 0.3 is 5.97 Å². The molecule has 1 aromatic rings. The molecule has 4 nitrogen and oxygen atoms in total. The average molecular weight is 404 g/mol. The first-order valence-corrected chi connectivity index (χ1v) is 11.6. The number of hydrogen-bond acceptors (Lipinski definition) is 3. The number of aromatic carboxylic acids is 1. The van der Waals surface area contributed by atoms with Gasteiger partial charge in [-0.15, -0.1) is 0 Å². The molecule has 0 aliphatic carbocycles. The number of rotatable bonds is 17. The topological polar surface area (TPSA) is 80.4 Å². The van der Waals surface area contributed by atoms with Crippen LogP contribution < -0.4 is 5.73 Å². The first-order valence-electron chi connectivity index (χ1n) is 11.6. The third-order valence-electron chi connectivity index (χ3n) is 5.51. The van der Waals surface area contributed by atoms with Crippen molar-refractivity contribution in [2.24, 2.45) is 5.92 Å². The Morgan fingerprint density at radius 1 is 0.793 bits per heavy atom. The van der Waals surface area contributed by atoms with Gasteiger partial charge in [0.25, 0.3) is 0 Å². The summed E-state index contributed by atoms with van der Waals surface area (Å²) in [5.74, 6) is -0.362. The molecule has 0 atom stereocenters. The summed E-state index contributed by atoms with van der Waals surface area (Å²) in [5.41, 5.74) is 6.41. The number of carboxylic acid groups (broad SMARTS) is 1. The molecule has 0 radical (unpaired) electrons. The highest BCUT2D eigenvalue weighted by Crippen LogP contribution is 2.18. The zero-order valence-electron chi connectivity index (χ0n) is 18.5. The second kappa shape index (κ2) is 15.1. The number of ketones is 1. The van der Waals surface area contributed by atoms with Crippen LogP contribution in [0.2, 0.25) is 0 Å². The van der Waals surface area contributed by atoms with Gasteiger partial charge in [-0.25, -0.2) is 4.79 Å².